The number of aliphatic hydroxyl groups is 2. The molecule has 1 amide bonds. The first-order valence-electron chi connectivity index (χ1n) is 2.32. The van der Waals surface area contributed by atoms with E-state index >= 15 is 0 Å². The van der Waals surface area contributed by atoms with Gasteiger partial charge in [0.15, 0.2) is 0 Å². The summed E-state index contributed by atoms with van der Waals surface area (Å²) in [5.74, 6) is -0.835. The third-order valence-corrected chi connectivity index (χ3v) is 1.30. The summed E-state index contributed by atoms with van der Waals surface area (Å²) >= 11 is 5.18. The zero-order valence-electron chi connectivity index (χ0n) is 4.62. The van der Waals surface area contributed by atoms with Gasteiger partial charge in [-0.3, -0.25) is 4.79 Å². The molecule has 4 N–H and O–H groups in total. The van der Waals surface area contributed by atoms with E-state index in [0.717, 1.165) is 0 Å². The first kappa shape index (κ1) is 8.68. The number of carbonyl (C=O) groups is 1. The Hall–Kier alpha value is -0.320. The van der Waals surface area contributed by atoms with E-state index in [4.69, 9.17) is 21.8 Å². The minimum Gasteiger partial charge on any atom is -0.394 e. The van der Waals surface area contributed by atoms with Gasteiger partial charge in [0.2, 0.25) is 5.91 Å². The van der Waals surface area contributed by atoms with Gasteiger partial charge in [-0.15, -0.1) is 11.6 Å². The Bertz CT molecular complexity index is 108. The van der Waals surface area contributed by atoms with Crippen LogP contribution in [0.25, 0.3) is 0 Å². The molecule has 5 heteroatoms. The van der Waals surface area contributed by atoms with Crippen LogP contribution in [0.1, 0.15) is 0 Å². The molecule has 0 unspecified atom stereocenters. The monoisotopic (exact) mass is 153 g/mol. The lowest BCUT2D eigenvalue weighted by Crippen LogP contribution is -2.36. The summed E-state index contributed by atoms with van der Waals surface area (Å²) in [4.78, 5) is 10.1. The Morgan fingerprint density at radius 3 is 2.33 bits per heavy atom. The molecule has 0 aromatic carbocycles. The highest BCUT2D eigenvalue weighted by molar-refractivity contribution is 6.31. The number of rotatable bonds is 3. The molecular weight excluding hydrogens is 146 g/mol. The molecule has 0 bridgehead atoms. The molecule has 0 fully saturated rings. The first-order valence-corrected chi connectivity index (χ1v) is 2.75. The third-order valence-electron chi connectivity index (χ3n) is 0.797. The van der Waals surface area contributed by atoms with E-state index in [2.05, 4.69) is 5.73 Å². The Morgan fingerprint density at radius 1 is 1.78 bits per heavy atom. The maximum absolute atomic E-state index is 10.1. The van der Waals surface area contributed by atoms with Crippen molar-refractivity contribution in [3.05, 3.63) is 0 Å². The van der Waals surface area contributed by atoms with Crippen LogP contribution < -0.4 is 5.73 Å². The van der Waals surface area contributed by atoms with Crippen LogP contribution in [0.3, 0.4) is 0 Å². The number of alkyl halides is 1. The summed E-state index contributed by atoms with van der Waals surface area (Å²) in [6, 6.07) is 0. The van der Waals surface area contributed by atoms with E-state index in [1.54, 1.807) is 0 Å². The molecule has 9 heavy (non-hydrogen) atoms. The predicted octanol–water partition coefficient (Wildman–Crippen LogP) is -1.57. The Morgan fingerprint density at radius 2 is 2.22 bits per heavy atom. The van der Waals surface area contributed by atoms with Gasteiger partial charge in [0.1, 0.15) is 11.5 Å². The van der Waals surface area contributed by atoms with Crippen LogP contribution in [0, 0.1) is 0 Å². The highest BCUT2D eigenvalue weighted by atomic mass is 35.5. The van der Waals surface area contributed by atoms with Crippen molar-refractivity contribution >= 4 is 17.5 Å². The number of aliphatic hydroxyl groups excluding tert-OH is 2. The lowest BCUT2D eigenvalue weighted by atomic mass is 10.2. The minimum atomic E-state index is -1.26. The summed E-state index contributed by atoms with van der Waals surface area (Å²) in [7, 11) is 0. The van der Waals surface area contributed by atoms with Gasteiger partial charge in [0, 0.05) is 0 Å². The number of amides is 1. The Kier molecular flexibility index (Phi) is 3.53. The van der Waals surface area contributed by atoms with E-state index in [-0.39, 0.29) is 0 Å². The van der Waals surface area contributed by atoms with E-state index in [1.807, 2.05) is 0 Å². The molecule has 54 valence electrons. The Labute approximate surface area is 57.2 Å². The second-order valence-corrected chi connectivity index (χ2v) is 2.02. The molecule has 0 radical (unpaired) electrons. The topological polar surface area (TPSA) is 83.6 Å². The lowest BCUT2D eigenvalue weighted by Gasteiger charge is -2.09. The summed E-state index contributed by atoms with van der Waals surface area (Å²) in [6.07, 6.45) is -1.26. The van der Waals surface area contributed by atoms with E-state index < -0.39 is 24.0 Å². The fourth-order valence-corrected chi connectivity index (χ4v) is 0.362. The van der Waals surface area contributed by atoms with E-state index in [0.29, 0.717) is 0 Å². The molecule has 0 saturated carbocycles. The SMILES string of the molecule is NC(=O)[C@@H](Cl)[C@@H](O)CO. The van der Waals surface area contributed by atoms with Crippen molar-refractivity contribution < 1.29 is 15.0 Å². The summed E-state index contributed by atoms with van der Waals surface area (Å²) < 4.78 is 0. The van der Waals surface area contributed by atoms with Gasteiger partial charge in [0.25, 0.3) is 0 Å². The number of hydrogen-bond donors (Lipinski definition) is 3. The van der Waals surface area contributed by atoms with Crippen molar-refractivity contribution in [2.75, 3.05) is 6.61 Å². The van der Waals surface area contributed by atoms with Crippen LogP contribution in [0.2, 0.25) is 0 Å². The highest BCUT2D eigenvalue weighted by Crippen LogP contribution is 2.00. The van der Waals surface area contributed by atoms with Crippen LogP contribution >= 0.6 is 11.6 Å². The van der Waals surface area contributed by atoms with Gasteiger partial charge < -0.3 is 15.9 Å². The van der Waals surface area contributed by atoms with Gasteiger partial charge in [0.05, 0.1) is 6.61 Å². The smallest absolute Gasteiger partial charge is 0.238 e. The fraction of sp³-hybridized carbons (Fsp3) is 0.750. The van der Waals surface area contributed by atoms with Crippen molar-refractivity contribution in [1.29, 1.82) is 0 Å². The third kappa shape index (κ3) is 2.64. The largest absolute Gasteiger partial charge is 0.394 e. The van der Waals surface area contributed by atoms with Gasteiger partial charge in [-0.05, 0) is 0 Å². The molecule has 0 heterocycles. The van der Waals surface area contributed by atoms with Crippen LogP contribution in [0.4, 0.5) is 0 Å². The zero-order chi connectivity index (χ0) is 7.44. The van der Waals surface area contributed by atoms with Gasteiger partial charge in [-0.1, -0.05) is 0 Å². The highest BCUT2D eigenvalue weighted by Gasteiger charge is 2.20. The first-order chi connectivity index (χ1) is 4.09. The second kappa shape index (κ2) is 3.66. The van der Waals surface area contributed by atoms with Gasteiger partial charge >= 0.3 is 0 Å². The van der Waals surface area contributed by atoms with Crippen LogP contribution in [0.15, 0.2) is 0 Å². The van der Waals surface area contributed by atoms with E-state index in [9.17, 15) is 4.79 Å². The zero-order valence-corrected chi connectivity index (χ0v) is 5.38. The number of primary amides is 1. The lowest BCUT2D eigenvalue weighted by molar-refractivity contribution is -0.119. The second-order valence-electron chi connectivity index (χ2n) is 1.55. The Balaban J connectivity index is 3.72. The normalized spacial score (nSPS) is 16.8. The molecule has 0 rings (SSSR count). The summed E-state index contributed by atoms with van der Waals surface area (Å²) in [6.45, 7) is -0.558. The molecular formula is C4H8ClNO3. The molecule has 0 aliphatic rings. The predicted molar refractivity (Wildman–Crippen MR) is 31.9 cm³/mol. The maximum atomic E-state index is 10.1. The average molecular weight is 154 g/mol. The molecule has 0 aromatic heterocycles. The molecule has 0 saturated heterocycles. The van der Waals surface area contributed by atoms with Gasteiger partial charge in [-0.25, -0.2) is 0 Å². The van der Waals surface area contributed by atoms with Crippen LogP contribution in [-0.4, -0.2) is 34.2 Å². The van der Waals surface area contributed by atoms with Crippen molar-refractivity contribution in [2.24, 2.45) is 5.73 Å². The van der Waals surface area contributed by atoms with Crippen molar-refractivity contribution in [3.8, 4) is 0 Å². The standard InChI is InChI=1S/C4H8ClNO3/c5-3(4(6)9)2(8)1-7/h2-3,7-8H,1H2,(H2,6,9)/t2-,3-/m0/s1. The molecule has 0 aliphatic heterocycles. The molecule has 0 spiro atoms. The summed E-state index contributed by atoms with van der Waals surface area (Å²) in [5, 5.41) is 15.6. The van der Waals surface area contributed by atoms with Gasteiger partial charge in [-0.2, -0.15) is 0 Å². The molecule has 4 nitrogen and oxygen atoms in total. The average Bonchev–Trinajstić information content (AvgIpc) is 1.84. The maximum Gasteiger partial charge on any atom is 0.238 e. The van der Waals surface area contributed by atoms with Crippen molar-refractivity contribution in [2.45, 2.75) is 11.5 Å². The van der Waals surface area contributed by atoms with Crippen LogP contribution in [-0.2, 0) is 4.79 Å². The molecule has 2 atom stereocenters. The minimum absolute atomic E-state index is 0.558. The number of carbonyl (C=O) groups excluding carboxylic acids is 1. The quantitative estimate of drug-likeness (QED) is 0.429. The fourth-order valence-electron chi connectivity index (χ4n) is 0.282. The van der Waals surface area contributed by atoms with Crippen molar-refractivity contribution in [3.63, 3.8) is 0 Å². The van der Waals surface area contributed by atoms with Crippen molar-refractivity contribution in [1.82, 2.24) is 0 Å². The number of hydrogen-bond acceptors (Lipinski definition) is 3. The molecule has 0 aliphatic carbocycles. The molecule has 0 aromatic rings. The van der Waals surface area contributed by atoms with Crippen LogP contribution in [0.5, 0.6) is 0 Å². The number of nitrogens with two attached hydrogens (primary N) is 1. The number of halogens is 1. The van der Waals surface area contributed by atoms with E-state index in [1.165, 1.54) is 0 Å². The summed E-state index contributed by atoms with van der Waals surface area (Å²) in [5.41, 5.74) is 4.67.